The lowest BCUT2D eigenvalue weighted by molar-refractivity contribution is -0.143. The lowest BCUT2D eigenvalue weighted by Crippen LogP contribution is -2.42. The smallest absolute Gasteiger partial charge is 0.328 e. The standard InChI is InChI=1S/C10H9BrFNO2/c11-7-2-1-6-5(8(7)12)3-4-10(6,13)9(14)15/h1-2H,3-4,13H2,(H,14,15). The fourth-order valence-electron chi connectivity index (χ4n) is 1.93. The van der Waals surface area contributed by atoms with E-state index in [0.29, 0.717) is 22.0 Å². The summed E-state index contributed by atoms with van der Waals surface area (Å²) in [7, 11) is 0. The molecule has 1 aliphatic rings. The lowest BCUT2D eigenvalue weighted by Gasteiger charge is -2.19. The molecule has 3 nitrogen and oxygen atoms in total. The van der Waals surface area contributed by atoms with Crippen LogP contribution >= 0.6 is 15.9 Å². The van der Waals surface area contributed by atoms with Crippen molar-refractivity contribution in [3.63, 3.8) is 0 Å². The van der Waals surface area contributed by atoms with Crippen molar-refractivity contribution in [1.29, 1.82) is 0 Å². The molecule has 5 heteroatoms. The molecule has 0 aromatic heterocycles. The Labute approximate surface area is 94.2 Å². The molecule has 0 saturated carbocycles. The van der Waals surface area contributed by atoms with Crippen molar-refractivity contribution < 1.29 is 14.3 Å². The third-order valence-corrected chi connectivity index (χ3v) is 3.44. The quantitative estimate of drug-likeness (QED) is 0.820. The van der Waals surface area contributed by atoms with E-state index >= 15 is 0 Å². The van der Waals surface area contributed by atoms with Crippen molar-refractivity contribution in [2.24, 2.45) is 5.73 Å². The van der Waals surface area contributed by atoms with Gasteiger partial charge in [-0.05, 0) is 46.0 Å². The molecule has 15 heavy (non-hydrogen) atoms. The van der Waals surface area contributed by atoms with E-state index in [1.54, 1.807) is 6.07 Å². The Kier molecular flexibility index (Phi) is 2.31. The second-order valence-corrected chi connectivity index (χ2v) is 4.52. The zero-order chi connectivity index (χ0) is 11.2. The number of carbonyl (C=O) groups is 1. The molecule has 0 aliphatic heterocycles. The van der Waals surface area contributed by atoms with Crippen LogP contribution in [-0.4, -0.2) is 11.1 Å². The van der Waals surface area contributed by atoms with Crippen LogP contribution in [0.2, 0.25) is 0 Å². The van der Waals surface area contributed by atoms with Gasteiger partial charge in [-0.2, -0.15) is 0 Å². The molecule has 0 bridgehead atoms. The van der Waals surface area contributed by atoms with E-state index in [9.17, 15) is 9.18 Å². The molecule has 0 spiro atoms. The first-order chi connectivity index (χ1) is 6.97. The Morgan fingerprint density at radius 1 is 1.60 bits per heavy atom. The Hall–Kier alpha value is -0.940. The molecule has 1 aromatic rings. The van der Waals surface area contributed by atoms with Gasteiger partial charge < -0.3 is 10.8 Å². The van der Waals surface area contributed by atoms with Crippen LogP contribution in [0.5, 0.6) is 0 Å². The van der Waals surface area contributed by atoms with Crippen LogP contribution in [0, 0.1) is 5.82 Å². The second-order valence-electron chi connectivity index (χ2n) is 3.66. The van der Waals surface area contributed by atoms with Crippen LogP contribution in [0.15, 0.2) is 16.6 Å². The molecule has 1 atom stereocenters. The molecule has 0 fully saturated rings. The van der Waals surface area contributed by atoms with E-state index in [1.165, 1.54) is 6.07 Å². The molecule has 80 valence electrons. The minimum absolute atomic E-state index is 0.241. The van der Waals surface area contributed by atoms with Gasteiger partial charge >= 0.3 is 5.97 Å². The van der Waals surface area contributed by atoms with Gasteiger partial charge in [0.1, 0.15) is 11.4 Å². The van der Waals surface area contributed by atoms with Crippen molar-refractivity contribution in [2.45, 2.75) is 18.4 Å². The van der Waals surface area contributed by atoms with E-state index in [-0.39, 0.29) is 6.42 Å². The summed E-state index contributed by atoms with van der Waals surface area (Å²) in [5, 5.41) is 9.02. The van der Waals surface area contributed by atoms with Crippen molar-refractivity contribution in [1.82, 2.24) is 0 Å². The van der Waals surface area contributed by atoms with Gasteiger partial charge in [0.2, 0.25) is 0 Å². The van der Waals surface area contributed by atoms with Crippen LogP contribution in [0.1, 0.15) is 17.5 Å². The number of carboxylic acid groups (broad SMARTS) is 1. The maximum Gasteiger partial charge on any atom is 0.328 e. The first kappa shape index (κ1) is 10.6. The third kappa shape index (κ3) is 1.38. The largest absolute Gasteiger partial charge is 0.480 e. The van der Waals surface area contributed by atoms with Crippen molar-refractivity contribution >= 4 is 21.9 Å². The van der Waals surface area contributed by atoms with Crippen molar-refractivity contribution in [3.8, 4) is 0 Å². The highest BCUT2D eigenvalue weighted by atomic mass is 79.9. The summed E-state index contributed by atoms with van der Waals surface area (Å²) in [6.45, 7) is 0. The molecule has 0 heterocycles. The summed E-state index contributed by atoms with van der Waals surface area (Å²) in [5.74, 6) is -1.51. The molecule has 0 saturated heterocycles. The lowest BCUT2D eigenvalue weighted by atomic mass is 9.93. The Bertz CT molecular complexity index is 449. The Morgan fingerprint density at radius 3 is 2.87 bits per heavy atom. The summed E-state index contributed by atoms with van der Waals surface area (Å²) in [6.07, 6.45) is 0.606. The minimum atomic E-state index is -1.43. The molecule has 0 amide bonds. The maximum absolute atomic E-state index is 13.6. The summed E-state index contributed by atoms with van der Waals surface area (Å²) in [4.78, 5) is 11.0. The molecule has 1 aromatic carbocycles. The zero-order valence-corrected chi connectivity index (χ0v) is 9.34. The van der Waals surface area contributed by atoms with Gasteiger partial charge in [-0.3, -0.25) is 0 Å². The highest BCUT2D eigenvalue weighted by Gasteiger charge is 2.43. The van der Waals surface area contributed by atoms with Crippen LogP contribution in [0.3, 0.4) is 0 Å². The number of halogens is 2. The van der Waals surface area contributed by atoms with Gasteiger partial charge in [0.25, 0.3) is 0 Å². The molecule has 1 unspecified atom stereocenters. The van der Waals surface area contributed by atoms with Crippen LogP contribution in [-0.2, 0) is 16.8 Å². The van der Waals surface area contributed by atoms with Gasteiger partial charge in [0.05, 0.1) is 4.47 Å². The van der Waals surface area contributed by atoms with E-state index in [2.05, 4.69) is 15.9 Å². The summed E-state index contributed by atoms with van der Waals surface area (Å²) < 4.78 is 14.0. The molecule has 2 rings (SSSR count). The van der Waals surface area contributed by atoms with Crippen molar-refractivity contribution in [3.05, 3.63) is 33.5 Å². The van der Waals surface area contributed by atoms with Gasteiger partial charge in [-0.25, -0.2) is 9.18 Å². The Balaban J connectivity index is 2.63. The molecule has 1 aliphatic carbocycles. The molecular weight excluding hydrogens is 265 g/mol. The summed E-state index contributed by atoms with van der Waals surface area (Å²) in [5.41, 5.74) is 5.11. The number of nitrogens with two attached hydrogens (primary N) is 1. The van der Waals surface area contributed by atoms with Crippen LogP contribution in [0.4, 0.5) is 4.39 Å². The first-order valence-corrected chi connectivity index (χ1v) is 5.26. The molecular formula is C10H9BrFNO2. The summed E-state index contributed by atoms with van der Waals surface area (Å²) >= 11 is 3.06. The highest BCUT2D eigenvalue weighted by molar-refractivity contribution is 9.10. The van der Waals surface area contributed by atoms with Crippen molar-refractivity contribution in [2.75, 3.05) is 0 Å². The predicted octanol–water partition coefficient (Wildman–Crippen LogP) is 1.77. The Morgan fingerprint density at radius 2 is 2.27 bits per heavy atom. The van der Waals surface area contributed by atoms with E-state index in [4.69, 9.17) is 10.8 Å². The van der Waals surface area contributed by atoms with E-state index < -0.39 is 17.3 Å². The van der Waals surface area contributed by atoms with E-state index in [0.717, 1.165) is 0 Å². The molecule has 0 radical (unpaired) electrons. The molecule has 3 N–H and O–H groups in total. The van der Waals surface area contributed by atoms with Gasteiger partial charge in [-0.1, -0.05) is 6.07 Å². The predicted molar refractivity (Wildman–Crippen MR) is 55.9 cm³/mol. The number of fused-ring (bicyclic) bond motifs is 1. The maximum atomic E-state index is 13.6. The monoisotopic (exact) mass is 273 g/mol. The van der Waals surface area contributed by atoms with Gasteiger partial charge in [0.15, 0.2) is 0 Å². The van der Waals surface area contributed by atoms with E-state index in [1.807, 2.05) is 0 Å². The van der Waals surface area contributed by atoms with Gasteiger partial charge in [0, 0.05) is 0 Å². The number of aliphatic carboxylic acids is 1. The fraction of sp³-hybridized carbons (Fsp3) is 0.300. The van der Waals surface area contributed by atoms with Crippen LogP contribution < -0.4 is 5.73 Å². The first-order valence-electron chi connectivity index (χ1n) is 4.46. The fourth-order valence-corrected chi connectivity index (χ4v) is 2.31. The van der Waals surface area contributed by atoms with Crippen LogP contribution in [0.25, 0.3) is 0 Å². The topological polar surface area (TPSA) is 63.3 Å². The zero-order valence-electron chi connectivity index (χ0n) is 7.76. The highest BCUT2D eigenvalue weighted by Crippen LogP contribution is 2.38. The normalized spacial score (nSPS) is 23.9. The second kappa shape index (κ2) is 3.28. The minimum Gasteiger partial charge on any atom is -0.480 e. The number of hydrogen-bond donors (Lipinski definition) is 2. The number of rotatable bonds is 1. The average molecular weight is 274 g/mol. The number of benzene rings is 1. The number of hydrogen-bond acceptors (Lipinski definition) is 2. The summed E-state index contributed by atoms with van der Waals surface area (Å²) in [6, 6.07) is 3.06. The SMILES string of the molecule is NC1(C(=O)O)CCc2c1ccc(Br)c2F. The number of carboxylic acids is 1. The van der Waals surface area contributed by atoms with Gasteiger partial charge in [-0.15, -0.1) is 0 Å². The third-order valence-electron chi connectivity index (χ3n) is 2.83. The average Bonchev–Trinajstić information content (AvgIpc) is 2.52.